The molecule has 1 aromatic heterocycles. The van der Waals surface area contributed by atoms with Crippen molar-refractivity contribution in [3.63, 3.8) is 0 Å². The van der Waals surface area contributed by atoms with Crippen LogP contribution in [0.15, 0.2) is 21.4 Å². The van der Waals surface area contributed by atoms with Crippen molar-refractivity contribution in [2.24, 2.45) is 10.6 Å². The fourth-order valence-electron chi connectivity index (χ4n) is 2.68. The van der Waals surface area contributed by atoms with Gasteiger partial charge >= 0.3 is 164 Å². The normalized spacial score (nSPS) is 20.2. The van der Waals surface area contributed by atoms with Gasteiger partial charge in [0.2, 0.25) is 0 Å². The molecule has 2 aliphatic rings. The molecule has 33 heavy (non-hydrogen) atoms. The number of carboxylic acids is 2. The number of rotatable bonds is 5. The second-order valence-electron chi connectivity index (χ2n) is 8.04. The van der Waals surface area contributed by atoms with Crippen LogP contribution in [0.3, 0.4) is 0 Å². The van der Waals surface area contributed by atoms with E-state index in [0.717, 1.165) is 0 Å². The molecular weight excluding hydrogens is 521 g/mol. The van der Waals surface area contributed by atoms with Crippen molar-refractivity contribution in [2.45, 2.75) is 39.1 Å². The fraction of sp³-hybridized carbons (Fsp3) is 0.474. The van der Waals surface area contributed by atoms with Gasteiger partial charge in [-0.15, -0.1) is 0 Å². The summed E-state index contributed by atoms with van der Waals surface area (Å²) in [6.07, 6.45) is 0. The summed E-state index contributed by atoms with van der Waals surface area (Å²) in [5, 5.41) is 23.4. The Morgan fingerprint density at radius 1 is 1.36 bits per heavy atom. The van der Waals surface area contributed by atoms with E-state index in [1.807, 2.05) is 0 Å². The summed E-state index contributed by atoms with van der Waals surface area (Å²) in [5.74, 6) is -2.55. The Bertz CT molecular complexity index is 1030. The number of oxime groups is 1. The standard InChI is InChI=1S/C14H15N5O5SSe.C5H10O2/c1-5-3-25-12-8(11(21)19(12)9(5)13(22)23)17-10(20)7(18-24-2)6-4-26-14(15)16-6;1-5(2,3)4(6)7/h4,8,12H,3H2,1-2H3,(H2,15,16)(H,17,20)(H,22,23);1-3H3,(H,6,7)/t8-,12-;/m1./s1. The van der Waals surface area contributed by atoms with Crippen LogP contribution in [0.25, 0.3) is 0 Å². The first-order chi connectivity index (χ1) is 15.3. The van der Waals surface area contributed by atoms with Gasteiger partial charge in [-0.3, -0.25) is 4.79 Å². The van der Waals surface area contributed by atoms with Crippen molar-refractivity contribution in [1.82, 2.24) is 15.2 Å². The predicted octanol–water partition coefficient (Wildman–Crippen LogP) is -0.0531. The average molecular weight is 546 g/mol. The van der Waals surface area contributed by atoms with E-state index in [1.54, 1.807) is 32.6 Å². The summed E-state index contributed by atoms with van der Waals surface area (Å²) in [5.41, 5.74) is 5.87. The van der Waals surface area contributed by atoms with Gasteiger partial charge in [0.05, 0.1) is 5.41 Å². The van der Waals surface area contributed by atoms with Crippen molar-refractivity contribution < 1.29 is 34.2 Å². The summed E-state index contributed by atoms with van der Waals surface area (Å²) in [6.45, 7) is 6.66. The number of anilines is 1. The zero-order valence-corrected chi connectivity index (χ0v) is 21.1. The number of nitrogens with two attached hydrogens (primary N) is 1. The number of aliphatic carboxylic acids is 2. The zero-order valence-electron chi connectivity index (χ0n) is 18.6. The van der Waals surface area contributed by atoms with E-state index in [-0.39, 0.29) is 25.9 Å². The Kier molecular flexibility index (Phi) is 8.33. The predicted molar refractivity (Wildman–Crippen MR) is 122 cm³/mol. The summed E-state index contributed by atoms with van der Waals surface area (Å²) in [7, 11) is 1.29. The number of hydrogen-bond acceptors (Lipinski definition) is 9. The molecule has 1 aromatic rings. The van der Waals surface area contributed by atoms with Gasteiger partial charge in [0.1, 0.15) is 0 Å². The van der Waals surface area contributed by atoms with Crippen LogP contribution in [0.4, 0.5) is 4.69 Å². The third-order valence-corrected chi connectivity index (χ3v) is 7.29. The maximum absolute atomic E-state index is 12.6. The molecule has 0 spiro atoms. The van der Waals surface area contributed by atoms with E-state index in [1.165, 1.54) is 23.8 Å². The molecule has 3 heterocycles. The molecule has 0 radical (unpaired) electrons. The van der Waals surface area contributed by atoms with Gasteiger partial charge in [-0.25, -0.2) is 0 Å². The van der Waals surface area contributed by atoms with Crippen LogP contribution in [0, 0.1) is 5.41 Å². The molecule has 3 rings (SSSR count). The topological polar surface area (TPSA) is 185 Å². The zero-order chi connectivity index (χ0) is 25.1. The van der Waals surface area contributed by atoms with Crippen LogP contribution in [-0.2, 0) is 24.0 Å². The molecule has 0 unspecified atom stereocenters. The van der Waals surface area contributed by atoms with Crippen molar-refractivity contribution in [2.75, 3.05) is 18.6 Å². The molecular formula is C19H25N5O7SSe. The quantitative estimate of drug-likeness (QED) is 0.169. The first-order valence-corrected chi connectivity index (χ1v) is 12.4. The van der Waals surface area contributed by atoms with E-state index in [2.05, 4.69) is 15.5 Å². The van der Waals surface area contributed by atoms with Crippen molar-refractivity contribution >= 4 is 60.4 Å². The Balaban J connectivity index is 0.000000479. The molecule has 180 valence electrons. The molecule has 1 saturated heterocycles. The molecule has 5 N–H and O–H groups in total. The Morgan fingerprint density at radius 2 is 1.97 bits per heavy atom. The Morgan fingerprint density at radius 3 is 2.42 bits per heavy atom. The number of nitrogens with one attached hydrogen (secondary N) is 1. The number of thioether (sulfide) groups is 1. The van der Waals surface area contributed by atoms with Gasteiger partial charge < -0.3 is 5.11 Å². The molecule has 2 atom stereocenters. The first-order valence-electron chi connectivity index (χ1n) is 9.54. The van der Waals surface area contributed by atoms with Crippen LogP contribution in [-0.4, -0.2) is 88.3 Å². The Labute approximate surface area is 200 Å². The van der Waals surface area contributed by atoms with Gasteiger partial charge in [0, 0.05) is 0 Å². The third kappa shape index (κ3) is 5.95. The summed E-state index contributed by atoms with van der Waals surface area (Å²) >= 11 is 1.23. The molecule has 0 saturated carbocycles. The molecule has 12 nitrogen and oxygen atoms in total. The minimum absolute atomic E-state index is 0.0198. The average Bonchev–Trinajstić information content (AvgIpc) is 3.15. The molecule has 0 aromatic carbocycles. The molecule has 2 aliphatic heterocycles. The van der Waals surface area contributed by atoms with Crippen molar-refractivity contribution in [3.05, 3.63) is 21.9 Å². The number of nitrogen functional groups attached to an aromatic ring is 1. The van der Waals surface area contributed by atoms with Crippen LogP contribution in [0.2, 0.25) is 0 Å². The third-order valence-electron chi connectivity index (χ3n) is 4.45. The van der Waals surface area contributed by atoms with Gasteiger partial charge in [0.25, 0.3) is 0 Å². The summed E-state index contributed by atoms with van der Waals surface area (Å²) in [4.78, 5) is 58.1. The van der Waals surface area contributed by atoms with Crippen molar-refractivity contribution in [1.29, 1.82) is 0 Å². The van der Waals surface area contributed by atoms with Gasteiger partial charge in [-0.2, -0.15) is 0 Å². The number of carbonyl (C=O) groups is 4. The molecule has 14 heteroatoms. The maximum atomic E-state index is 12.6. The molecule has 0 bridgehead atoms. The van der Waals surface area contributed by atoms with Crippen LogP contribution < -0.4 is 11.1 Å². The van der Waals surface area contributed by atoms with Gasteiger partial charge in [0.15, 0.2) is 0 Å². The monoisotopic (exact) mass is 547 g/mol. The van der Waals surface area contributed by atoms with E-state index < -0.39 is 40.6 Å². The molecule has 0 aliphatic carbocycles. The second-order valence-corrected chi connectivity index (χ2v) is 11.0. The molecule has 1 fully saturated rings. The van der Waals surface area contributed by atoms with Gasteiger partial charge in [-0.1, -0.05) is 0 Å². The minimum atomic E-state index is -1.16. The van der Waals surface area contributed by atoms with Crippen molar-refractivity contribution in [3.8, 4) is 0 Å². The van der Waals surface area contributed by atoms with Crippen LogP contribution >= 0.6 is 11.8 Å². The number of β-lactam (4-membered cyclic amide) rings is 1. The number of fused-ring (bicyclic) bond motifs is 1. The van der Waals surface area contributed by atoms with Gasteiger partial charge in [-0.05, 0) is 20.8 Å². The van der Waals surface area contributed by atoms with Crippen LogP contribution in [0.1, 0.15) is 33.4 Å². The Hall–Kier alpha value is -2.83. The van der Waals surface area contributed by atoms with E-state index in [0.29, 0.717) is 21.7 Å². The number of carbonyl (C=O) groups excluding carboxylic acids is 2. The van der Waals surface area contributed by atoms with E-state index >= 15 is 0 Å². The first kappa shape index (κ1) is 26.4. The number of carboxylic acid groups (broad SMARTS) is 2. The SMILES string of the molecule is CC(C)(C)C(=O)O.CON=C(C(=O)N[C@@H]1C(=O)N2C(C(=O)O)=C(C)CS[C@H]12)c1c[se]c(N)n1. The fourth-order valence-corrected chi connectivity index (χ4v) is 5.12. The van der Waals surface area contributed by atoms with Crippen LogP contribution in [0.5, 0.6) is 0 Å². The number of aromatic nitrogens is 1. The summed E-state index contributed by atoms with van der Waals surface area (Å²) in [6, 6.07) is -0.842. The second kappa shape index (κ2) is 10.4. The number of nitrogens with zero attached hydrogens (tertiary/aromatic N) is 3. The number of hydrogen-bond donors (Lipinski definition) is 4. The van der Waals surface area contributed by atoms with E-state index in [4.69, 9.17) is 15.7 Å². The number of amides is 2. The van der Waals surface area contributed by atoms with E-state index in [9.17, 15) is 24.3 Å². The summed E-state index contributed by atoms with van der Waals surface area (Å²) < 4.78 is 0.407. The molecule has 2 amide bonds.